The molecule has 0 N–H and O–H groups in total. The molecule has 4 heterocycles. The van der Waals surface area contributed by atoms with Crippen molar-refractivity contribution >= 4 is 17.4 Å². The number of rotatable bonds is 4. The number of fused-ring (bicyclic) bond motifs is 1. The zero-order valence-corrected chi connectivity index (χ0v) is 18.4. The van der Waals surface area contributed by atoms with Gasteiger partial charge in [-0.2, -0.15) is 14.7 Å². The van der Waals surface area contributed by atoms with E-state index in [2.05, 4.69) is 29.1 Å². The van der Waals surface area contributed by atoms with Crippen molar-refractivity contribution < 1.29 is 9.53 Å². The van der Waals surface area contributed by atoms with Gasteiger partial charge in [-0.3, -0.25) is 4.79 Å². The smallest absolute Gasteiger partial charge is 0.273 e. The largest absolute Gasteiger partial charge is 0.378 e. The van der Waals surface area contributed by atoms with Crippen molar-refractivity contribution in [2.75, 3.05) is 45.3 Å². The number of amides is 1. The highest BCUT2D eigenvalue weighted by atomic mass is 16.5. The Morgan fingerprint density at radius 2 is 1.88 bits per heavy atom. The minimum atomic E-state index is -0.161. The highest BCUT2D eigenvalue weighted by Gasteiger charge is 2.21. The van der Waals surface area contributed by atoms with E-state index < -0.39 is 0 Å². The van der Waals surface area contributed by atoms with Gasteiger partial charge < -0.3 is 14.5 Å². The van der Waals surface area contributed by atoms with Gasteiger partial charge in [0, 0.05) is 51.1 Å². The molecule has 0 aliphatic carbocycles. The molecule has 9 nitrogen and oxygen atoms in total. The lowest BCUT2D eigenvalue weighted by molar-refractivity contribution is 0.0821. The minimum Gasteiger partial charge on any atom is -0.378 e. The predicted molar refractivity (Wildman–Crippen MR) is 121 cm³/mol. The van der Waals surface area contributed by atoms with Crippen molar-refractivity contribution in [1.82, 2.24) is 29.3 Å². The Labute approximate surface area is 185 Å². The van der Waals surface area contributed by atoms with Crippen LogP contribution in [0.25, 0.3) is 22.7 Å². The summed E-state index contributed by atoms with van der Waals surface area (Å²) in [5.74, 6) is 1.37. The second kappa shape index (κ2) is 8.08. The van der Waals surface area contributed by atoms with Crippen LogP contribution in [-0.2, 0) is 4.74 Å². The van der Waals surface area contributed by atoms with Crippen molar-refractivity contribution in [2.24, 2.45) is 0 Å². The lowest BCUT2D eigenvalue weighted by atomic mass is 10.1. The molecule has 1 aromatic carbocycles. The van der Waals surface area contributed by atoms with E-state index in [1.165, 1.54) is 10.5 Å². The Morgan fingerprint density at radius 3 is 2.62 bits per heavy atom. The first kappa shape index (κ1) is 20.2. The van der Waals surface area contributed by atoms with Gasteiger partial charge >= 0.3 is 0 Å². The maximum atomic E-state index is 12.5. The molecule has 1 fully saturated rings. The van der Waals surface area contributed by atoms with Crippen LogP contribution in [0, 0.1) is 6.92 Å². The first-order chi connectivity index (χ1) is 15.5. The molecule has 0 spiro atoms. The van der Waals surface area contributed by atoms with Gasteiger partial charge in [0.2, 0.25) is 0 Å². The van der Waals surface area contributed by atoms with Gasteiger partial charge in [-0.05, 0) is 19.1 Å². The number of aromatic nitrogens is 5. The number of benzene rings is 1. The van der Waals surface area contributed by atoms with Gasteiger partial charge in [-0.25, -0.2) is 9.67 Å². The molecule has 0 atom stereocenters. The zero-order valence-electron chi connectivity index (χ0n) is 18.4. The topological polar surface area (TPSA) is 80.8 Å². The van der Waals surface area contributed by atoms with Crippen LogP contribution in [0.15, 0.2) is 48.7 Å². The van der Waals surface area contributed by atoms with Crippen molar-refractivity contribution in [3.63, 3.8) is 0 Å². The number of carbonyl (C=O) groups excluding carboxylic acids is 1. The molecular formula is C23H25N7O2. The SMILES string of the molecule is Cc1cccc(-c2ccn(-c3cc(N4CCOCC4)n4nc(C(=O)N(C)C)cc4n3)n2)c1. The molecule has 0 radical (unpaired) electrons. The fourth-order valence-corrected chi connectivity index (χ4v) is 3.82. The molecule has 0 saturated carbocycles. The van der Waals surface area contributed by atoms with Gasteiger partial charge in [-0.1, -0.05) is 23.8 Å². The highest BCUT2D eigenvalue weighted by Crippen LogP contribution is 2.24. The van der Waals surface area contributed by atoms with E-state index in [1.807, 2.05) is 30.5 Å². The normalized spacial score (nSPS) is 14.2. The third-order valence-corrected chi connectivity index (χ3v) is 5.49. The van der Waals surface area contributed by atoms with Crippen LogP contribution in [0.1, 0.15) is 16.1 Å². The van der Waals surface area contributed by atoms with Gasteiger partial charge in [-0.15, -0.1) is 0 Å². The summed E-state index contributed by atoms with van der Waals surface area (Å²) in [5.41, 5.74) is 4.07. The quantitative estimate of drug-likeness (QED) is 0.494. The summed E-state index contributed by atoms with van der Waals surface area (Å²) in [5, 5.41) is 9.32. The van der Waals surface area contributed by atoms with Crippen LogP contribution in [0.3, 0.4) is 0 Å². The Hall–Kier alpha value is -3.72. The van der Waals surface area contributed by atoms with E-state index in [-0.39, 0.29) is 5.91 Å². The highest BCUT2D eigenvalue weighted by molar-refractivity contribution is 5.93. The summed E-state index contributed by atoms with van der Waals surface area (Å²) in [6.45, 7) is 4.83. The molecule has 9 heteroatoms. The number of morpholine rings is 1. The fourth-order valence-electron chi connectivity index (χ4n) is 3.82. The van der Waals surface area contributed by atoms with Crippen molar-refractivity contribution in [2.45, 2.75) is 6.92 Å². The Morgan fingerprint density at radius 1 is 1.06 bits per heavy atom. The van der Waals surface area contributed by atoms with Crippen LogP contribution in [-0.4, -0.2) is 75.6 Å². The van der Waals surface area contributed by atoms with E-state index in [4.69, 9.17) is 14.8 Å². The van der Waals surface area contributed by atoms with Gasteiger partial charge in [0.1, 0.15) is 5.82 Å². The fraction of sp³-hybridized carbons (Fsp3) is 0.304. The number of anilines is 1. The van der Waals surface area contributed by atoms with E-state index in [0.29, 0.717) is 30.4 Å². The van der Waals surface area contributed by atoms with E-state index in [9.17, 15) is 4.79 Å². The van der Waals surface area contributed by atoms with Gasteiger partial charge in [0.05, 0.1) is 18.9 Å². The molecule has 0 unspecified atom stereocenters. The van der Waals surface area contributed by atoms with Crippen LogP contribution in [0.4, 0.5) is 5.82 Å². The van der Waals surface area contributed by atoms with E-state index >= 15 is 0 Å². The van der Waals surface area contributed by atoms with Crippen molar-refractivity contribution in [3.05, 3.63) is 59.9 Å². The van der Waals surface area contributed by atoms with E-state index in [0.717, 1.165) is 30.2 Å². The lowest BCUT2D eigenvalue weighted by Gasteiger charge is -2.29. The molecule has 1 aliphatic rings. The van der Waals surface area contributed by atoms with Crippen molar-refractivity contribution in [3.8, 4) is 17.1 Å². The third-order valence-electron chi connectivity index (χ3n) is 5.49. The van der Waals surface area contributed by atoms with Crippen LogP contribution >= 0.6 is 0 Å². The van der Waals surface area contributed by atoms with Gasteiger partial charge in [0.25, 0.3) is 5.91 Å². The summed E-state index contributed by atoms with van der Waals surface area (Å²) >= 11 is 0. The average molecular weight is 432 g/mol. The molecule has 1 aliphatic heterocycles. The number of aryl methyl sites for hydroxylation is 1. The second-order valence-corrected chi connectivity index (χ2v) is 8.09. The molecule has 32 heavy (non-hydrogen) atoms. The summed E-state index contributed by atoms with van der Waals surface area (Å²) in [6.07, 6.45) is 1.90. The average Bonchev–Trinajstić information content (AvgIpc) is 3.46. The molecule has 1 amide bonds. The number of hydrogen-bond acceptors (Lipinski definition) is 6. The van der Waals surface area contributed by atoms with E-state index in [1.54, 1.807) is 29.4 Å². The zero-order chi connectivity index (χ0) is 22.2. The maximum absolute atomic E-state index is 12.5. The molecule has 3 aromatic heterocycles. The predicted octanol–water partition coefficient (Wildman–Crippen LogP) is 2.43. The summed E-state index contributed by atoms with van der Waals surface area (Å²) in [7, 11) is 3.43. The molecule has 0 bridgehead atoms. The number of hydrogen-bond donors (Lipinski definition) is 0. The van der Waals surface area contributed by atoms with Crippen LogP contribution < -0.4 is 4.90 Å². The summed E-state index contributed by atoms with van der Waals surface area (Å²) in [4.78, 5) is 21.0. The minimum absolute atomic E-state index is 0.161. The molecule has 4 aromatic rings. The standard InChI is InChI=1S/C23H25N7O2/c1-16-5-4-6-17(13-16)18-7-8-29(25-18)20-15-22(28-9-11-32-12-10-28)30-21(24-20)14-19(26-30)23(31)27(2)3/h4-8,13-15H,9-12H2,1-3H3. The van der Waals surface area contributed by atoms with Gasteiger partial charge in [0.15, 0.2) is 17.2 Å². The molecule has 164 valence electrons. The first-order valence-corrected chi connectivity index (χ1v) is 10.6. The Bertz CT molecular complexity index is 1280. The summed E-state index contributed by atoms with van der Waals surface area (Å²) in [6, 6.07) is 13.9. The molecular weight excluding hydrogens is 406 g/mol. The Kier molecular flexibility index (Phi) is 5.10. The van der Waals surface area contributed by atoms with Crippen LogP contribution in [0.2, 0.25) is 0 Å². The number of ether oxygens (including phenoxy) is 1. The molecule has 5 rings (SSSR count). The lowest BCUT2D eigenvalue weighted by Crippen LogP contribution is -2.37. The second-order valence-electron chi connectivity index (χ2n) is 8.09. The van der Waals surface area contributed by atoms with Crippen molar-refractivity contribution in [1.29, 1.82) is 0 Å². The Balaban J connectivity index is 1.61. The van der Waals surface area contributed by atoms with Crippen LogP contribution in [0.5, 0.6) is 0 Å². The third kappa shape index (κ3) is 3.71. The first-order valence-electron chi connectivity index (χ1n) is 10.6. The maximum Gasteiger partial charge on any atom is 0.273 e. The number of nitrogens with zero attached hydrogens (tertiary/aromatic N) is 7. The monoisotopic (exact) mass is 431 g/mol. The number of carbonyl (C=O) groups is 1. The molecule has 1 saturated heterocycles. The summed E-state index contributed by atoms with van der Waals surface area (Å²) < 4.78 is 9.02.